The number of amides is 2. The number of carbonyl (C=O) groups is 2. The van der Waals surface area contributed by atoms with Gasteiger partial charge in [0.2, 0.25) is 0 Å². The fourth-order valence-electron chi connectivity index (χ4n) is 0.929. The molecule has 1 rings (SSSR count). The number of aromatic nitrogens is 1. The Hall–Kier alpha value is -1.89. The molecule has 0 fully saturated rings. The zero-order valence-electron chi connectivity index (χ0n) is 8.40. The van der Waals surface area contributed by atoms with Crippen LogP contribution in [0.15, 0.2) is 10.7 Å². The summed E-state index contributed by atoms with van der Waals surface area (Å²) in [5.41, 5.74) is 2.06. The molecule has 0 radical (unpaired) electrons. The maximum absolute atomic E-state index is 11.4. The van der Waals surface area contributed by atoms with E-state index in [9.17, 15) is 9.59 Å². The summed E-state index contributed by atoms with van der Waals surface area (Å²) >= 11 is 0. The van der Waals surface area contributed by atoms with Gasteiger partial charge in [-0.15, -0.1) is 0 Å². The quantitative estimate of drug-likeness (QED) is 0.341. The summed E-state index contributed by atoms with van der Waals surface area (Å²) < 4.78 is 4.86. The van der Waals surface area contributed by atoms with E-state index < -0.39 is 17.9 Å². The lowest BCUT2D eigenvalue weighted by Gasteiger charge is -2.10. The van der Waals surface area contributed by atoms with E-state index in [0.717, 1.165) is 0 Å². The van der Waals surface area contributed by atoms with Gasteiger partial charge in [0, 0.05) is 6.92 Å². The summed E-state index contributed by atoms with van der Waals surface area (Å²) in [7, 11) is 0. The monoisotopic (exact) mass is 212 g/mol. The number of hydrogen-bond donors (Lipinski definition) is 3. The molecule has 1 heterocycles. The second-order valence-corrected chi connectivity index (χ2v) is 2.96. The molecule has 7 nitrogen and oxygen atoms in total. The third kappa shape index (κ3) is 2.78. The molecule has 0 aliphatic heterocycles. The average Bonchev–Trinajstić information content (AvgIpc) is 2.63. The summed E-state index contributed by atoms with van der Waals surface area (Å²) in [5.74, 6) is 4.33. The highest BCUT2D eigenvalue weighted by atomic mass is 16.3. The molecule has 0 aliphatic carbocycles. The van der Waals surface area contributed by atoms with Crippen molar-refractivity contribution < 1.29 is 14.0 Å². The molecule has 4 N–H and O–H groups in total. The van der Waals surface area contributed by atoms with Crippen LogP contribution < -0.4 is 16.6 Å². The number of nitrogens with two attached hydrogens (primary N) is 1. The van der Waals surface area contributed by atoms with E-state index in [1.54, 1.807) is 6.92 Å². The predicted octanol–water partition coefficient (Wildman–Crippen LogP) is -0.909. The predicted molar refractivity (Wildman–Crippen MR) is 50.5 cm³/mol. The van der Waals surface area contributed by atoms with Crippen molar-refractivity contribution in [2.45, 2.75) is 19.9 Å². The minimum atomic E-state index is -0.723. The normalized spacial score (nSPS) is 11.9. The fraction of sp³-hybridized carbons (Fsp3) is 0.375. The van der Waals surface area contributed by atoms with Crippen molar-refractivity contribution in [2.75, 3.05) is 0 Å². The molecule has 0 aromatic carbocycles. The highest BCUT2D eigenvalue weighted by Gasteiger charge is 2.17. The molecular formula is C8H12N4O3. The topological polar surface area (TPSA) is 110 Å². The van der Waals surface area contributed by atoms with Gasteiger partial charge in [-0.05, 0) is 6.92 Å². The van der Waals surface area contributed by atoms with Crippen LogP contribution in [-0.4, -0.2) is 22.8 Å². The molecule has 0 bridgehead atoms. The van der Waals surface area contributed by atoms with Gasteiger partial charge in [-0.3, -0.25) is 15.0 Å². The van der Waals surface area contributed by atoms with Gasteiger partial charge in [0.15, 0.2) is 11.6 Å². The Morgan fingerprint density at radius 3 is 2.73 bits per heavy atom. The standard InChI is InChI=1S/C8H12N4O3/c1-4(7(13)12-9)10-8(14)6-3-15-5(2)11-6/h3-4H,9H2,1-2H3,(H,10,14)(H,12,13)/t4-/m0/s1. The summed E-state index contributed by atoms with van der Waals surface area (Å²) in [6.45, 7) is 3.12. The number of carbonyl (C=O) groups excluding carboxylic acids is 2. The highest BCUT2D eigenvalue weighted by Crippen LogP contribution is 2.00. The zero-order valence-corrected chi connectivity index (χ0v) is 8.40. The van der Waals surface area contributed by atoms with Gasteiger partial charge in [0.1, 0.15) is 12.3 Å². The molecule has 0 saturated carbocycles. The smallest absolute Gasteiger partial charge is 0.273 e. The Kier molecular flexibility index (Phi) is 3.40. The number of rotatable bonds is 3. The van der Waals surface area contributed by atoms with Gasteiger partial charge in [-0.2, -0.15) is 0 Å². The molecule has 0 saturated heterocycles. The summed E-state index contributed by atoms with van der Waals surface area (Å²) in [6, 6.07) is -0.723. The molecular weight excluding hydrogens is 200 g/mol. The first-order valence-corrected chi connectivity index (χ1v) is 4.28. The van der Waals surface area contributed by atoms with Crippen LogP contribution in [-0.2, 0) is 4.79 Å². The van der Waals surface area contributed by atoms with Crippen molar-refractivity contribution in [3.8, 4) is 0 Å². The first-order valence-electron chi connectivity index (χ1n) is 4.28. The van der Waals surface area contributed by atoms with Crippen LogP contribution in [0.2, 0.25) is 0 Å². The minimum absolute atomic E-state index is 0.129. The van der Waals surface area contributed by atoms with Crippen molar-refractivity contribution in [1.82, 2.24) is 15.7 Å². The summed E-state index contributed by atoms with van der Waals surface area (Å²) in [4.78, 5) is 26.2. The Morgan fingerprint density at radius 2 is 2.27 bits per heavy atom. The Morgan fingerprint density at radius 1 is 1.60 bits per heavy atom. The van der Waals surface area contributed by atoms with Crippen LogP contribution >= 0.6 is 0 Å². The molecule has 0 aliphatic rings. The minimum Gasteiger partial charge on any atom is -0.448 e. The number of oxazole rings is 1. The molecule has 7 heteroatoms. The summed E-state index contributed by atoms with van der Waals surface area (Å²) in [5, 5.41) is 2.41. The van der Waals surface area contributed by atoms with Crippen LogP contribution in [0.3, 0.4) is 0 Å². The number of nitrogens with one attached hydrogen (secondary N) is 2. The molecule has 1 aromatic rings. The van der Waals surface area contributed by atoms with Crippen LogP contribution in [0.1, 0.15) is 23.3 Å². The first kappa shape index (κ1) is 11.2. The van der Waals surface area contributed by atoms with Gasteiger partial charge in [0.25, 0.3) is 11.8 Å². The average molecular weight is 212 g/mol. The van der Waals surface area contributed by atoms with Crippen molar-refractivity contribution in [1.29, 1.82) is 0 Å². The maximum atomic E-state index is 11.4. The molecule has 2 amide bonds. The Bertz CT molecular complexity index is 374. The van der Waals surface area contributed by atoms with Gasteiger partial charge < -0.3 is 9.73 Å². The molecule has 0 unspecified atom stereocenters. The van der Waals surface area contributed by atoms with E-state index >= 15 is 0 Å². The van der Waals surface area contributed by atoms with Crippen LogP contribution in [0.5, 0.6) is 0 Å². The lowest BCUT2D eigenvalue weighted by atomic mass is 10.3. The van der Waals surface area contributed by atoms with Crippen LogP contribution in [0.25, 0.3) is 0 Å². The number of hydrazine groups is 1. The van der Waals surface area contributed by atoms with Crippen molar-refractivity contribution in [2.24, 2.45) is 5.84 Å². The van der Waals surface area contributed by atoms with Crippen molar-refractivity contribution in [3.05, 3.63) is 17.8 Å². The Balaban J connectivity index is 2.60. The van der Waals surface area contributed by atoms with E-state index in [1.807, 2.05) is 5.43 Å². The lowest BCUT2D eigenvalue weighted by molar-refractivity contribution is -0.122. The van der Waals surface area contributed by atoms with Gasteiger partial charge in [-0.1, -0.05) is 0 Å². The fourth-order valence-corrected chi connectivity index (χ4v) is 0.929. The van der Waals surface area contributed by atoms with E-state index in [4.69, 9.17) is 10.3 Å². The second-order valence-electron chi connectivity index (χ2n) is 2.96. The third-order valence-electron chi connectivity index (χ3n) is 1.73. The zero-order chi connectivity index (χ0) is 11.4. The van der Waals surface area contributed by atoms with E-state index in [0.29, 0.717) is 5.89 Å². The molecule has 82 valence electrons. The van der Waals surface area contributed by atoms with E-state index in [2.05, 4.69) is 10.3 Å². The molecule has 15 heavy (non-hydrogen) atoms. The molecule has 1 atom stereocenters. The van der Waals surface area contributed by atoms with Gasteiger partial charge in [-0.25, -0.2) is 10.8 Å². The van der Waals surface area contributed by atoms with Crippen molar-refractivity contribution in [3.63, 3.8) is 0 Å². The first-order chi connectivity index (χ1) is 7.04. The van der Waals surface area contributed by atoms with Crippen LogP contribution in [0.4, 0.5) is 0 Å². The third-order valence-corrected chi connectivity index (χ3v) is 1.73. The number of aryl methyl sites for hydroxylation is 1. The van der Waals surface area contributed by atoms with Gasteiger partial charge >= 0.3 is 0 Å². The van der Waals surface area contributed by atoms with Gasteiger partial charge in [0.05, 0.1) is 0 Å². The SMILES string of the molecule is Cc1nc(C(=O)N[C@@H](C)C(=O)NN)co1. The van der Waals surface area contributed by atoms with E-state index in [1.165, 1.54) is 13.2 Å². The Labute approximate surface area is 86.0 Å². The lowest BCUT2D eigenvalue weighted by Crippen LogP contribution is -2.47. The number of hydrogen-bond acceptors (Lipinski definition) is 5. The second kappa shape index (κ2) is 4.56. The highest BCUT2D eigenvalue weighted by molar-refractivity contribution is 5.95. The van der Waals surface area contributed by atoms with Crippen molar-refractivity contribution >= 4 is 11.8 Å². The summed E-state index contributed by atoms with van der Waals surface area (Å²) in [6.07, 6.45) is 1.22. The van der Waals surface area contributed by atoms with Crippen LogP contribution in [0, 0.1) is 6.92 Å². The number of nitrogens with zero attached hydrogens (tertiary/aromatic N) is 1. The molecule has 1 aromatic heterocycles. The maximum Gasteiger partial charge on any atom is 0.273 e. The van der Waals surface area contributed by atoms with E-state index in [-0.39, 0.29) is 5.69 Å². The largest absolute Gasteiger partial charge is 0.448 e. The molecule has 0 spiro atoms.